The molecule has 0 bridgehead atoms. The van der Waals surface area contributed by atoms with Crippen LogP contribution < -0.4 is 5.32 Å². The molecule has 1 aliphatic rings. The summed E-state index contributed by atoms with van der Waals surface area (Å²) in [5, 5.41) is 3.54. The van der Waals surface area contributed by atoms with Crippen LogP contribution in [0.1, 0.15) is 52.9 Å². The van der Waals surface area contributed by atoms with Crippen molar-refractivity contribution in [3.8, 4) is 0 Å². The van der Waals surface area contributed by atoms with Crippen LogP contribution in [0.2, 0.25) is 0 Å². The normalized spacial score (nSPS) is 21.0. The first-order valence-electron chi connectivity index (χ1n) is 6.62. The summed E-state index contributed by atoms with van der Waals surface area (Å²) in [5.74, 6) is 0. The monoisotopic (exact) mass is 212 g/mol. The van der Waals surface area contributed by atoms with Gasteiger partial charge in [-0.3, -0.25) is 4.90 Å². The van der Waals surface area contributed by atoms with E-state index in [1.54, 1.807) is 0 Å². The van der Waals surface area contributed by atoms with Crippen LogP contribution in [0, 0.1) is 0 Å². The van der Waals surface area contributed by atoms with Gasteiger partial charge in [-0.05, 0) is 46.2 Å². The van der Waals surface area contributed by atoms with Crippen molar-refractivity contribution in [3.05, 3.63) is 0 Å². The summed E-state index contributed by atoms with van der Waals surface area (Å²) < 4.78 is 0. The van der Waals surface area contributed by atoms with Crippen molar-refractivity contribution in [2.24, 2.45) is 0 Å². The highest BCUT2D eigenvalue weighted by Crippen LogP contribution is 2.27. The Balaban J connectivity index is 2.00. The van der Waals surface area contributed by atoms with Gasteiger partial charge >= 0.3 is 0 Å². The van der Waals surface area contributed by atoms with Crippen molar-refractivity contribution in [3.63, 3.8) is 0 Å². The maximum atomic E-state index is 3.54. The molecule has 0 atom stereocenters. The minimum Gasteiger partial charge on any atom is -0.315 e. The van der Waals surface area contributed by atoms with Gasteiger partial charge in [0.1, 0.15) is 0 Å². The van der Waals surface area contributed by atoms with Gasteiger partial charge in [-0.15, -0.1) is 0 Å². The number of likely N-dealkylation sites (tertiary alicyclic amines) is 1. The molecule has 0 aromatic carbocycles. The lowest BCUT2D eigenvalue weighted by Crippen LogP contribution is -2.42. The minimum atomic E-state index is 0.450. The fourth-order valence-corrected chi connectivity index (χ4v) is 2.42. The van der Waals surface area contributed by atoms with Crippen LogP contribution in [0.3, 0.4) is 0 Å². The van der Waals surface area contributed by atoms with Crippen molar-refractivity contribution in [1.29, 1.82) is 0 Å². The first-order valence-corrected chi connectivity index (χ1v) is 6.62. The summed E-state index contributed by atoms with van der Waals surface area (Å²) in [6.45, 7) is 11.9. The highest BCUT2D eigenvalue weighted by Gasteiger charge is 2.30. The second kappa shape index (κ2) is 6.49. The lowest BCUT2D eigenvalue weighted by Gasteiger charge is -2.31. The molecule has 0 spiro atoms. The predicted molar refractivity (Wildman–Crippen MR) is 67.3 cm³/mol. The third kappa shape index (κ3) is 4.52. The van der Waals surface area contributed by atoms with Gasteiger partial charge in [0.2, 0.25) is 0 Å². The number of nitrogens with zero attached hydrogens (tertiary/aromatic N) is 1. The average molecular weight is 212 g/mol. The zero-order valence-electron chi connectivity index (χ0n) is 10.8. The van der Waals surface area contributed by atoms with Crippen molar-refractivity contribution in [1.82, 2.24) is 10.2 Å². The molecule has 1 saturated heterocycles. The summed E-state index contributed by atoms with van der Waals surface area (Å²) >= 11 is 0. The molecule has 1 heterocycles. The Hall–Kier alpha value is -0.0800. The molecule has 0 amide bonds. The summed E-state index contributed by atoms with van der Waals surface area (Å²) in [6.07, 6.45) is 6.76. The number of hydrogen-bond acceptors (Lipinski definition) is 2. The average Bonchev–Trinajstić information content (AvgIpc) is 2.52. The van der Waals surface area contributed by atoms with E-state index in [0.717, 1.165) is 6.54 Å². The lowest BCUT2D eigenvalue weighted by atomic mass is 10.0. The molecule has 1 aliphatic heterocycles. The maximum Gasteiger partial charge on any atom is 0.0154 e. The topological polar surface area (TPSA) is 15.3 Å². The number of nitrogens with one attached hydrogen (secondary N) is 1. The van der Waals surface area contributed by atoms with Gasteiger partial charge in [0.05, 0.1) is 0 Å². The highest BCUT2D eigenvalue weighted by molar-refractivity contribution is 4.87. The molecule has 15 heavy (non-hydrogen) atoms. The van der Waals surface area contributed by atoms with Crippen LogP contribution in [0.4, 0.5) is 0 Å². The molecule has 90 valence electrons. The van der Waals surface area contributed by atoms with Crippen LogP contribution >= 0.6 is 0 Å². The lowest BCUT2D eigenvalue weighted by molar-refractivity contribution is 0.176. The Labute approximate surface area is 95.4 Å². The number of unbranched alkanes of at least 4 members (excludes halogenated alkanes) is 2. The van der Waals surface area contributed by atoms with E-state index in [0.29, 0.717) is 5.54 Å². The Morgan fingerprint density at radius 1 is 1.20 bits per heavy atom. The molecule has 0 aromatic heterocycles. The van der Waals surface area contributed by atoms with E-state index >= 15 is 0 Å². The summed E-state index contributed by atoms with van der Waals surface area (Å²) in [5.41, 5.74) is 0.450. The largest absolute Gasteiger partial charge is 0.315 e. The van der Waals surface area contributed by atoms with Crippen molar-refractivity contribution in [2.75, 3.05) is 26.2 Å². The van der Waals surface area contributed by atoms with E-state index in [1.165, 1.54) is 51.7 Å². The van der Waals surface area contributed by atoms with Crippen LogP contribution in [0.5, 0.6) is 0 Å². The van der Waals surface area contributed by atoms with Gasteiger partial charge in [0.15, 0.2) is 0 Å². The van der Waals surface area contributed by atoms with Gasteiger partial charge in [-0.1, -0.05) is 19.8 Å². The molecule has 0 saturated carbocycles. The summed E-state index contributed by atoms with van der Waals surface area (Å²) in [6, 6.07) is 0. The molecular weight excluding hydrogens is 184 g/mol. The highest BCUT2D eigenvalue weighted by atomic mass is 15.2. The Morgan fingerprint density at radius 2 is 2.00 bits per heavy atom. The van der Waals surface area contributed by atoms with E-state index in [1.807, 2.05) is 0 Å². The minimum absolute atomic E-state index is 0.450. The van der Waals surface area contributed by atoms with Crippen LogP contribution in [-0.2, 0) is 0 Å². The van der Waals surface area contributed by atoms with Gasteiger partial charge < -0.3 is 5.32 Å². The first-order chi connectivity index (χ1) is 7.17. The van der Waals surface area contributed by atoms with Gasteiger partial charge in [-0.2, -0.15) is 0 Å². The molecular formula is C13H28N2. The molecule has 1 rings (SSSR count). The van der Waals surface area contributed by atoms with Crippen LogP contribution in [0.15, 0.2) is 0 Å². The molecule has 2 heteroatoms. The fourth-order valence-electron chi connectivity index (χ4n) is 2.42. The third-order valence-electron chi connectivity index (χ3n) is 3.59. The molecule has 0 aromatic rings. The zero-order valence-corrected chi connectivity index (χ0v) is 10.8. The van der Waals surface area contributed by atoms with Crippen molar-refractivity contribution >= 4 is 0 Å². The number of rotatable bonds is 7. The van der Waals surface area contributed by atoms with Gasteiger partial charge in [0, 0.05) is 18.6 Å². The molecule has 1 N–H and O–H groups in total. The van der Waals surface area contributed by atoms with E-state index in [4.69, 9.17) is 0 Å². The SMILES string of the molecule is CCCCCNCCN1CCCC1(C)C. The smallest absolute Gasteiger partial charge is 0.0154 e. The van der Waals surface area contributed by atoms with Crippen molar-refractivity contribution < 1.29 is 0 Å². The predicted octanol–water partition coefficient (Wildman–Crippen LogP) is 2.64. The van der Waals surface area contributed by atoms with E-state index in [2.05, 4.69) is 31.0 Å². The van der Waals surface area contributed by atoms with Crippen LogP contribution in [-0.4, -0.2) is 36.6 Å². The van der Waals surface area contributed by atoms with E-state index < -0.39 is 0 Å². The third-order valence-corrected chi connectivity index (χ3v) is 3.59. The van der Waals surface area contributed by atoms with Crippen LogP contribution in [0.25, 0.3) is 0 Å². The molecule has 0 aliphatic carbocycles. The second-order valence-electron chi connectivity index (χ2n) is 5.36. The van der Waals surface area contributed by atoms with Crippen molar-refractivity contribution in [2.45, 2.75) is 58.4 Å². The number of hydrogen-bond donors (Lipinski definition) is 1. The Bertz CT molecular complexity index is 166. The molecule has 0 unspecified atom stereocenters. The summed E-state index contributed by atoms with van der Waals surface area (Å²) in [7, 11) is 0. The summed E-state index contributed by atoms with van der Waals surface area (Å²) in [4.78, 5) is 2.62. The van der Waals surface area contributed by atoms with Gasteiger partial charge in [-0.25, -0.2) is 0 Å². The quantitative estimate of drug-likeness (QED) is 0.653. The zero-order chi connectivity index (χ0) is 11.1. The fraction of sp³-hybridized carbons (Fsp3) is 1.00. The molecule has 2 nitrogen and oxygen atoms in total. The molecule has 0 radical (unpaired) electrons. The standard InChI is InChI=1S/C13H28N2/c1-4-5-6-9-14-10-12-15-11-7-8-13(15,2)3/h14H,4-12H2,1-3H3. The van der Waals surface area contributed by atoms with E-state index in [-0.39, 0.29) is 0 Å². The Morgan fingerprint density at radius 3 is 2.60 bits per heavy atom. The first kappa shape index (κ1) is 13.0. The van der Waals surface area contributed by atoms with E-state index in [9.17, 15) is 0 Å². The molecule has 1 fully saturated rings. The maximum absolute atomic E-state index is 3.54. The Kier molecular flexibility index (Phi) is 5.62. The second-order valence-corrected chi connectivity index (χ2v) is 5.36. The van der Waals surface area contributed by atoms with Gasteiger partial charge in [0.25, 0.3) is 0 Å².